The van der Waals surface area contributed by atoms with Crippen molar-refractivity contribution in [2.45, 2.75) is 26.6 Å². The summed E-state index contributed by atoms with van der Waals surface area (Å²) in [7, 11) is 0. The molecule has 0 spiro atoms. The number of amides is 2. The summed E-state index contributed by atoms with van der Waals surface area (Å²) < 4.78 is 46.6. The highest BCUT2D eigenvalue weighted by molar-refractivity contribution is 5.96. The Labute approximate surface area is 152 Å². The molecule has 0 unspecified atom stereocenters. The Morgan fingerprint density at radius 1 is 1.15 bits per heavy atom. The lowest BCUT2D eigenvalue weighted by Gasteiger charge is -2.10. The van der Waals surface area contributed by atoms with Crippen molar-refractivity contribution in [3.63, 3.8) is 0 Å². The van der Waals surface area contributed by atoms with Gasteiger partial charge >= 0.3 is 6.18 Å². The monoisotopic (exact) mass is 385 g/mol. The minimum atomic E-state index is -4.50. The van der Waals surface area contributed by atoms with Crippen molar-refractivity contribution in [3.05, 3.63) is 46.8 Å². The van der Waals surface area contributed by atoms with Crippen LogP contribution in [0.3, 0.4) is 0 Å². The lowest BCUT2D eigenvalue weighted by Crippen LogP contribution is -2.40. The van der Waals surface area contributed by atoms with Crippen LogP contribution in [-0.2, 0) is 11.4 Å². The van der Waals surface area contributed by atoms with Crippen molar-refractivity contribution in [1.29, 1.82) is 0 Å². The van der Waals surface area contributed by atoms with Gasteiger partial charge in [-0.3, -0.25) is 9.59 Å². The van der Waals surface area contributed by atoms with Crippen LogP contribution >= 0.6 is 0 Å². The van der Waals surface area contributed by atoms with Crippen molar-refractivity contribution in [1.82, 2.24) is 15.8 Å². The van der Waals surface area contributed by atoms with Crippen LogP contribution in [0.4, 0.5) is 13.2 Å². The molecular formula is C17H18F3N3O4. The number of hydrogen-bond donors (Lipinski definition) is 2. The molecule has 2 rings (SSSR count). The molecule has 27 heavy (non-hydrogen) atoms. The van der Waals surface area contributed by atoms with Crippen LogP contribution in [0.25, 0.3) is 0 Å². The number of alkyl halides is 3. The number of nitrogens with zero attached hydrogens (tertiary/aromatic N) is 1. The van der Waals surface area contributed by atoms with E-state index in [1.54, 1.807) is 31.3 Å². The second-order valence-corrected chi connectivity index (χ2v) is 5.69. The van der Waals surface area contributed by atoms with E-state index in [1.807, 2.05) is 0 Å². The third-order valence-corrected chi connectivity index (χ3v) is 3.58. The number of benzene rings is 1. The van der Waals surface area contributed by atoms with Crippen LogP contribution in [0.5, 0.6) is 5.75 Å². The van der Waals surface area contributed by atoms with Gasteiger partial charge in [-0.2, -0.15) is 13.2 Å². The van der Waals surface area contributed by atoms with Crippen LogP contribution in [0, 0.1) is 13.8 Å². The Hall–Kier alpha value is -3.04. The number of nitrogens with one attached hydrogen (secondary N) is 2. The maximum absolute atomic E-state index is 12.0. The predicted molar refractivity (Wildman–Crippen MR) is 88.1 cm³/mol. The average molecular weight is 385 g/mol. The molecule has 1 aromatic heterocycles. The smallest absolute Gasteiger partial charge is 0.405 e. The van der Waals surface area contributed by atoms with E-state index in [4.69, 9.17) is 9.26 Å². The normalized spacial score (nSPS) is 11.1. The topological polar surface area (TPSA) is 93.5 Å². The third kappa shape index (κ3) is 6.32. The molecule has 0 aliphatic heterocycles. The molecule has 1 heterocycles. The Morgan fingerprint density at radius 2 is 1.81 bits per heavy atom. The third-order valence-electron chi connectivity index (χ3n) is 3.58. The van der Waals surface area contributed by atoms with Gasteiger partial charge in [-0.15, -0.1) is 0 Å². The molecule has 146 valence electrons. The summed E-state index contributed by atoms with van der Waals surface area (Å²) in [4.78, 5) is 23.2. The largest absolute Gasteiger partial charge is 0.489 e. The highest BCUT2D eigenvalue weighted by atomic mass is 19.4. The number of ether oxygens (including phenoxy) is 1. The lowest BCUT2D eigenvalue weighted by atomic mass is 10.2. The van der Waals surface area contributed by atoms with Gasteiger partial charge in [0.15, 0.2) is 0 Å². The van der Waals surface area contributed by atoms with Crippen LogP contribution < -0.4 is 15.4 Å². The summed E-state index contributed by atoms with van der Waals surface area (Å²) in [5.41, 5.74) is 1.80. The Balaban J connectivity index is 1.82. The maximum Gasteiger partial charge on any atom is 0.405 e. The Morgan fingerprint density at radius 3 is 2.37 bits per heavy atom. The molecule has 2 N–H and O–H groups in total. The summed E-state index contributed by atoms with van der Waals surface area (Å²) in [6, 6.07) is 6.09. The summed E-state index contributed by atoms with van der Waals surface area (Å²) in [6.07, 6.45) is -4.50. The molecule has 0 radical (unpaired) electrons. The van der Waals surface area contributed by atoms with Crippen molar-refractivity contribution in [2.75, 3.05) is 13.1 Å². The van der Waals surface area contributed by atoms with Gasteiger partial charge < -0.3 is 19.9 Å². The summed E-state index contributed by atoms with van der Waals surface area (Å²) in [6.45, 7) is 1.83. The molecule has 2 aromatic rings. The highest BCUT2D eigenvalue weighted by Crippen LogP contribution is 2.18. The zero-order valence-corrected chi connectivity index (χ0v) is 14.6. The number of carbonyl (C=O) groups is 2. The van der Waals surface area contributed by atoms with Crippen LogP contribution in [0.1, 0.15) is 27.4 Å². The zero-order valence-electron chi connectivity index (χ0n) is 14.6. The van der Waals surface area contributed by atoms with Gasteiger partial charge in [0, 0.05) is 5.56 Å². The molecule has 2 amide bonds. The number of aromatic nitrogens is 1. The van der Waals surface area contributed by atoms with Crippen LogP contribution in [-0.4, -0.2) is 36.2 Å². The van der Waals surface area contributed by atoms with Gasteiger partial charge in [-0.25, -0.2) is 0 Å². The standard InChI is InChI=1S/C17H18F3N3O4/c1-10-14(11(2)27-23-10)8-26-13-5-3-12(4-6-13)16(25)21-7-15(24)22-9-17(18,19)20/h3-6H,7-9H2,1-2H3,(H,21,25)(H,22,24). The van der Waals surface area contributed by atoms with E-state index in [0.717, 1.165) is 11.3 Å². The number of aryl methyl sites for hydroxylation is 2. The van der Waals surface area contributed by atoms with Gasteiger partial charge in [-0.1, -0.05) is 5.16 Å². The summed E-state index contributed by atoms with van der Waals surface area (Å²) >= 11 is 0. The van der Waals surface area contributed by atoms with Crippen molar-refractivity contribution in [3.8, 4) is 5.75 Å². The molecule has 0 aliphatic carbocycles. The number of halogens is 3. The van der Waals surface area contributed by atoms with Crippen LogP contribution in [0.2, 0.25) is 0 Å². The quantitative estimate of drug-likeness (QED) is 0.763. The van der Waals surface area contributed by atoms with E-state index < -0.39 is 31.1 Å². The molecule has 0 saturated heterocycles. The van der Waals surface area contributed by atoms with E-state index >= 15 is 0 Å². The van der Waals surface area contributed by atoms with E-state index in [2.05, 4.69) is 10.5 Å². The second-order valence-electron chi connectivity index (χ2n) is 5.69. The Bertz CT molecular complexity index is 781. The predicted octanol–water partition coefficient (Wildman–Crippen LogP) is 2.28. The van der Waals surface area contributed by atoms with Gasteiger partial charge in [0.05, 0.1) is 17.8 Å². The minimum Gasteiger partial charge on any atom is -0.489 e. The molecule has 10 heteroatoms. The molecule has 1 aromatic carbocycles. The number of hydrogen-bond acceptors (Lipinski definition) is 5. The summed E-state index contributed by atoms with van der Waals surface area (Å²) in [5, 5.41) is 7.73. The van der Waals surface area contributed by atoms with E-state index in [0.29, 0.717) is 11.5 Å². The molecule has 0 fully saturated rings. The SMILES string of the molecule is Cc1noc(C)c1COc1ccc(C(=O)NCC(=O)NCC(F)(F)F)cc1. The first-order valence-electron chi connectivity index (χ1n) is 7.92. The fourth-order valence-corrected chi connectivity index (χ4v) is 2.09. The van der Waals surface area contributed by atoms with Gasteiger partial charge in [0.25, 0.3) is 5.91 Å². The molecule has 0 atom stereocenters. The number of carbonyl (C=O) groups excluding carboxylic acids is 2. The lowest BCUT2D eigenvalue weighted by molar-refractivity contribution is -0.137. The molecule has 7 nitrogen and oxygen atoms in total. The molecular weight excluding hydrogens is 367 g/mol. The average Bonchev–Trinajstić information content (AvgIpc) is 2.94. The van der Waals surface area contributed by atoms with Gasteiger partial charge in [0.2, 0.25) is 5.91 Å². The van der Waals surface area contributed by atoms with E-state index in [9.17, 15) is 22.8 Å². The minimum absolute atomic E-state index is 0.239. The fourth-order valence-electron chi connectivity index (χ4n) is 2.09. The first-order chi connectivity index (χ1) is 12.7. The van der Waals surface area contributed by atoms with Crippen molar-refractivity contribution >= 4 is 11.8 Å². The summed E-state index contributed by atoms with van der Waals surface area (Å²) in [5.74, 6) is -0.351. The molecule has 0 saturated carbocycles. The van der Waals surface area contributed by atoms with E-state index in [-0.39, 0.29) is 12.2 Å². The zero-order chi connectivity index (χ0) is 20.0. The maximum atomic E-state index is 12.0. The highest BCUT2D eigenvalue weighted by Gasteiger charge is 2.27. The molecule has 0 bridgehead atoms. The second kappa shape index (κ2) is 8.56. The first-order valence-corrected chi connectivity index (χ1v) is 7.92. The van der Waals surface area contributed by atoms with Crippen molar-refractivity contribution < 1.29 is 32.0 Å². The van der Waals surface area contributed by atoms with Crippen molar-refractivity contribution in [2.24, 2.45) is 0 Å². The molecule has 0 aliphatic rings. The van der Waals surface area contributed by atoms with Gasteiger partial charge in [0.1, 0.15) is 24.7 Å². The van der Waals surface area contributed by atoms with Gasteiger partial charge in [-0.05, 0) is 38.1 Å². The first kappa shape index (κ1) is 20.3. The van der Waals surface area contributed by atoms with Crippen LogP contribution in [0.15, 0.2) is 28.8 Å². The van der Waals surface area contributed by atoms with E-state index in [1.165, 1.54) is 12.1 Å². The number of rotatable bonds is 7. The Kier molecular flexibility index (Phi) is 6.43. The fraction of sp³-hybridized carbons (Fsp3) is 0.353.